The molecule has 0 atom stereocenters. The second-order valence-electron chi connectivity index (χ2n) is 2.52. The predicted molar refractivity (Wildman–Crippen MR) is 38.2 cm³/mol. The van der Waals surface area contributed by atoms with Gasteiger partial charge in [0.15, 0.2) is 0 Å². The van der Waals surface area contributed by atoms with Gasteiger partial charge in [0.05, 0.1) is 12.8 Å². The zero-order valence-corrected chi connectivity index (χ0v) is 9.77. The van der Waals surface area contributed by atoms with Crippen molar-refractivity contribution in [1.82, 2.24) is 0 Å². The van der Waals surface area contributed by atoms with E-state index in [1.165, 1.54) is 0 Å². The molecule has 9 heteroatoms. The molecule has 0 aliphatic heterocycles. The molecule has 0 unspecified atom stereocenters. The maximum absolute atomic E-state index is 11.9. The summed E-state index contributed by atoms with van der Waals surface area (Å²) in [5, 5.41) is 24.9. The van der Waals surface area contributed by atoms with Crippen molar-refractivity contribution in [2.24, 2.45) is 0 Å². The molecule has 15 heavy (non-hydrogen) atoms. The van der Waals surface area contributed by atoms with Crippen LogP contribution in [-0.4, -0.2) is 38.8 Å². The molecule has 0 saturated heterocycles. The number of carbonyl (C=O) groups is 3. The molecule has 3 N–H and O–H groups in total. The molecule has 0 amide bonds. The molecule has 0 saturated carbocycles. The molecule has 0 aliphatic rings. The molecule has 0 aromatic carbocycles. The smallest absolute Gasteiger partial charge is 1.00 e. The van der Waals surface area contributed by atoms with Gasteiger partial charge in [-0.2, -0.15) is 4.94 Å². The van der Waals surface area contributed by atoms with E-state index < -0.39 is 36.4 Å². The van der Waals surface area contributed by atoms with Crippen molar-refractivity contribution < 1.29 is 70.2 Å². The third kappa shape index (κ3) is 5.07. The Balaban J connectivity index is -0.000000845. The third-order valence-electron chi connectivity index (χ3n) is 1.41. The second-order valence-corrected chi connectivity index (χ2v) is 2.52. The third-order valence-corrected chi connectivity index (χ3v) is 1.41. The summed E-state index contributed by atoms with van der Waals surface area (Å²) in [4.78, 5) is 33.7. The van der Waals surface area contributed by atoms with Crippen LogP contribution in [0.3, 0.4) is 0 Å². The number of hydrogen-bond acceptors (Lipinski definition) is 4. The number of carboxylic acids is 3. The van der Waals surface area contributed by atoms with Gasteiger partial charge in [-0.15, -0.1) is 0 Å². The minimum atomic E-state index is -2.86. The quantitative estimate of drug-likeness (QED) is 0.413. The molecule has 7 nitrogen and oxygen atoms in total. The van der Waals surface area contributed by atoms with Gasteiger partial charge in [-0.05, 0) is 4.53 Å². The van der Waals surface area contributed by atoms with Crippen LogP contribution in [-0.2, 0) is 19.3 Å². The van der Waals surface area contributed by atoms with Gasteiger partial charge >= 0.3 is 47.5 Å². The maximum atomic E-state index is 11.9. The number of hydrogen-bond donors (Lipinski definition) is 3. The van der Waals surface area contributed by atoms with Gasteiger partial charge in [-0.1, -0.05) is 0 Å². The Kier molecular flexibility index (Phi) is 7.49. The van der Waals surface area contributed by atoms with E-state index in [2.05, 4.69) is 4.94 Å². The summed E-state index contributed by atoms with van der Waals surface area (Å²) >= 11 is 0. The summed E-state index contributed by atoms with van der Waals surface area (Å²) in [6.45, 7) is 0. The van der Waals surface area contributed by atoms with E-state index in [4.69, 9.17) is 15.3 Å². The van der Waals surface area contributed by atoms with Crippen LogP contribution in [0.2, 0.25) is 0 Å². The first-order valence-electron chi connectivity index (χ1n) is 3.31. The van der Waals surface area contributed by atoms with Crippen LogP contribution in [0.1, 0.15) is 14.3 Å². The minimum absolute atomic E-state index is 0. The van der Waals surface area contributed by atoms with Gasteiger partial charge in [0.1, 0.15) is 0 Å². The van der Waals surface area contributed by atoms with Gasteiger partial charge < -0.3 is 16.7 Å². The molecule has 0 aromatic heterocycles. The minimum Gasteiger partial charge on any atom is -1.00 e. The average Bonchev–Trinajstić information content (AvgIpc) is 2.00. The second kappa shape index (κ2) is 6.72. The van der Waals surface area contributed by atoms with Crippen LogP contribution < -0.4 is 29.6 Å². The summed E-state index contributed by atoms with van der Waals surface area (Å²) in [7, 11) is 0. The molecule has 0 fully saturated rings. The number of halogens is 1. The van der Waals surface area contributed by atoms with Crippen molar-refractivity contribution in [3.05, 3.63) is 0 Å². The molecule has 0 radical (unpaired) electrons. The molecule has 0 rings (SSSR count). The number of aliphatic carboxylic acids is 3. The van der Waals surface area contributed by atoms with Crippen LogP contribution in [0.5, 0.6) is 0 Å². The van der Waals surface area contributed by atoms with Crippen molar-refractivity contribution in [1.29, 1.82) is 0 Å². The summed E-state index contributed by atoms with van der Waals surface area (Å²) < 4.78 is 11.9. The van der Waals surface area contributed by atoms with Gasteiger partial charge in [0, 0.05) is 0 Å². The van der Waals surface area contributed by atoms with Gasteiger partial charge in [0.25, 0.3) is 0 Å². The van der Waals surface area contributed by atoms with E-state index in [-0.39, 0.29) is 31.0 Å². The Morgan fingerprint density at radius 2 is 1.47 bits per heavy atom. The normalized spacial score (nSPS) is 10.2. The Labute approximate surface area is 107 Å². The summed E-state index contributed by atoms with van der Waals surface area (Å²) in [5.41, 5.74) is -2.86. The van der Waals surface area contributed by atoms with Crippen molar-refractivity contribution in [3.8, 4) is 0 Å². The van der Waals surface area contributed by atoms with Crippen LogP contribution in [0, 0.1) is 0 Å². The van der Waals surface area contributed by atoms with E-state index >= 15 is 0 Å². The molecule has 0 aromatic rings. The molecule has 0 aliphatic carbocycles. The summed E-state index contributed by atoms with van der Waals surface area (Å²) in [6, 6.07) is 0. The molecular weight excluding hydrogens is 226 g/mol. The fourth-order valence-corrected chi connectivity index (χ4v) is 0.790. The topological polar surface area (TPSA) is 121 Å². The van der Waals surface area contributed by atoms with Gasteiger partial charge in [-0.25, -0.2) is 4.79 Å². The van der Waals surface area contributed by atoms with Crippen molar-refractivity contribution >= 4 is 17.9 Å². The zero-order valence-electron chi connectivity index (χ0n) is 8.77. The average molecular weight is 234 g/mol. The van der Waals surface area contributed by atoms with Crippen molar-refractivity contribution in [3.63, 3.8) is 0 Å². The molecule has 82 valence electrons. The summed E-state index contributed by atoms with van der Waals surface area (Å²) in [6.07, 6.45) is -2.55. The molecule has 0 heterocycles. The Bertz CT molecular complexity index is 256. The number of rotatable bonds is 6. The van der Waals surface area contributed by atoms with Crippen molar-refractivity contribution in [2.75, 3.05) is 0 Å². The van der Waals surface area contributed by atoms with E-state index in [9.17, 15) is 18.9 Å². The van der Waals surface area contributed by atoms with Gasteiger partial charge in [0.2, 0.25) is 5.60 Å². The van der Waals surface area contributed by atoms with Crippen LogP contribution in [0.25, 0.3) is 0 Å². The van der Waals surface area contributed by atoms with Crippen LogP contribution in [0.15, 0.2) is 0 Å². The van der Waals surface area contributed by atoms with Crippen LogP contribution >= 0.6 is 0 Å². The largest absolute Gasteiger partial charge is 1.00 e. The molecular formula is C6H8FNaO7. The SMILES string of the molecule is O=C(O)CC(CC(=O)O)(OF)C(=O)O.[H-].[Na+]. The fraction of sp³-hybridized carbons (Fsp3) is 0.500. The van der Waals surface area contributed by atoms with E-state index in [1.807, 2.05) is 0 Å². The monoisotopic (exact) mass is 234 g/mol. The number of carboxylic acid groups (broad SMARTS) is 3. The first kappa shape index (κ1) is 16.7. The van der Waals surface area contributed by atoms with E-state index in [1.54, 1.807) is 0 Å². The zero-order chi connectivity index (χ0) is 11.4. The Morgan fingerprint density at radius 3 is 1.60 bits per heavy atom. The van der Waals surface area contributed by atoms with E-state index in [0.717, 1.165) is 0 Å². The van der Waals surface area contributed by atoms with Gasteiger partial charge in [-0.3, -0.25) is 9.59 Å². The van der Waals surface area contributed by atoms with Crippen LogP contribution in [0.4, 0.5) is 4.53 Å². The Morgan fingerprint density at radius 1 is 1.13 bits per heavy atom. The first-order valence-corrected chi connectivity index (χ1v) is 3.31. The Hall–Kier alpha value is -0.700. The summed E-state index contributed by atoms with van der Waals surface area (Å²) in [5.74, 6) is -5.33. The molecule has 0 spiro atoms. The molecule has 0 bridgehead atoms. The first-order chi connectivity index (χ1) is 6.34. The van der Waals surface area contributed by atoms with Crippen molar-refractivity contribution in [2.45, 2.75) is 18.4 Å². The standard InChI is InChI=1S/C6H7FO7.Na.H/c7-14-6(5(12)13,1-3(8)9)2-4(10)11;;/h1-2H2,(H,8,9)(H,10,11)(H,12,13);;/q;+1;-1. The predicted octanol–water partition coefficient (Wildman–Crippen LogP) is -3.22. The maximum Gasteiger partial charge on any atom is 1.00 e. The fourth-order valence-electron chi connectivity index (χ4n) is 0.790. The van der Waals surface area contributed by atoms with E-state index in [0.29, 0.717) is 0 Å².